The van der Waals surface area contributed by atoms with Crippen LogP contribution in [0.25, 0.3) is 0 Å². The van der Waals surface area contributed by atoms with Gasteiger partial charge in [-0.25, -0.2) is 0 Å². The Labute approximate surface area is 139 Å². The molecule has 3 heteroatoms. The Morgan fingerprint density at radius 1 is 1.14 bits per heavy atom. The van der Waals surface area contributed by atoms with Gasteiger partial charge < -0.3 is 5.32 Å². The summed E-state index contributed by atoms with van der Waals surface area (Å²) in [5.74, 6) is 3.18. The molecule has 3 unspecified atom stereocenters. The van der Waals surface area contributed by atoms with E-state index in [2.05, 4.69) is 32.3 Å². The normalized spacial score (nSPS) is 26.3. The van der Waals surface area contributed by atoms with Crippen LogP contribution < -0.4 is 5.32 Å². The number of halogens is 2. The minimum absolute atomic E-state index is 0.649. The topological polar surface area (TPSA) is 12.0 Å². The van der Waals surface area contributed by atoms with Gasteiger partial charge in [-0.2, -0.15) is 0 Å². The predicted octanol–water partition coefficient (Wildman–Crippen LogP) is 5.44. The summed E-state index contributed by atoms with van der Waals surface area (Å²) in [7, 11) is 2.06. The molecule has 1 aliphatic carbocycles. The molecule has 1 aromatic rings. The highest BCUT2D eigenvalue weighted by Crippen LogP contribution is 2.39. The molecule has 2 rings (SSSR count). The van der Waals surface area contributed by atoms with Gasteiger partial charge in [0, 0.05) is 0 Å². The van der Waals surface area contributed by atoms with E-state index in [1.807, 2.05) is 12.1 Å². The largest absolute Gasteiger partial charge is 0.319 e. The second kappa shape index (κ2) is 7.85. The molecule has 1 saturated carbocycles. The third-order valence-electron chi connectivity index (χ3n) is 5.07. The van der Waals surface area contributed by atoms with Crippen molar-refractivity contribution in [3.63, 3.8) is 0 Å². The minimum Gasteiger partial charge on any atom is -0.319 e. The number of benzene rings is 1. The van der Waals surface area contributed by atoms with E-state index in [0.29, 0.717) is 10.0 Å². The Kier molecular flexibility index (Phi) is 6.40. The van der Waals surface area contributed by atoms with Crippen molar-refractivity contribution < 1.29 is 0 Å². The number of rotatable bonds is 5. The fourth-order valence-electron chi connectivity index (χ4n) is 3.72. The second-order valence-electron chi connectivity index (χ2n) is 6.85. The molecule has 1 N–H and O–H groups in total. The molecule has 0 aromatic heterocycles. The van der Waals surface area contributed by atoms with Crippen LogP contribution in [0.5, 0.6) is 0 Å². The molecule has 0 amide bonds. The van der Waals surface area contributed by atoms with Gasteiger partial charge in [0.25, 0.3) is 0 Å². The summed E-state index contributed by atoms with van der Waals surface area (Å²) >= 11 is 12.2. The van der Waals surface area contributed by atoms with E-state index in [4.69, 9.17) is 23.2 Å². The van der Waals surface area contributed by atoms with Crippen LogP contribution in [-0.4, -0.2) is 13.6 Å². The van der Waals surface area contributed by atoms with E-state index in [-0.39, 0.29) is 0 Å². The Morgan fingerprint density at radius 3 is 2.52 bits per heavy atom. The first kappa shape index (κ1) is 17.1. The second-order valence-corrected chi connectivity index (χ2v) is 7.66. The zero-order valence-electron chi connectivity index (χ0n) is 13.3. The summed E-state index contributed by atoms with van der Waals surface area (Å²) in [4.78, 5) is 0. The molecule has 0 bridgehead atoms. The lowest BCUT2D eigenvalue weighted by Crippen LogP contribution is -2.34. The summed E-state index contributed by atoms with van der Waals surface area (Å²) in [6.07, 6.45) is 5.17. The molecular formula is C18H27Cl2N. The molecule has 0 spiro atoms. The van der Waals surface area contributed by atoms with Crippen molar-refractivity contribution in [2.24, 2.45) is 23.7 Å². The van der Waals surface area contributed by atoms with E-state index < -0.39 is 0 Å². The molecule has 1 nitrogen and oxygen atoms in total. The molecule has 1 aliphatic rings. The zero-order chi connectivity index (χ0) is 15.4. The van der Waals surface area contributed by atoms with E-state index >= 15 is 0 Å². The molecule has 21 heavy (non-hydrogen) atoms. The first-order valence-corrected chi connectivity index (χ1v) is 8.85. The molecule has 0 aliphatic heterocycles. The Balaban J connectivity index is 2.09. The quantitative estimate of drug-likeness (QED) is 0.758. The molecule has 0 radical (unpaired) electrons. The maximum absolute atomic E-state index is 6.16. The molecule has 0 saturated heterocycles. The van der Waals surface area contributed by atoms with Gasteiger partial charge in [-0.1, -0.05) is 43.1 Å². The van der Waals surface area contributed by atoms with Crippen LogP contribution in [-0.2, 0) is 6.42 Å². The lowest BCUT2D eigenvalue weighted by atomic mass is 9.69. The summed E-state index contributed by atoms with van der Waals surface area (Å²) < 4.78 is 0. The van der Waals surface area contributed by atoms with Crippen molar-refractivity contribution in [3.05, 3.63) is 33.8 Å². The van der Waals surface area contributed by atoms with Gasteiger partial charge in [0.05, 0.1) is 10.0 Å². The molecule has 1 fully saturated rings. The van der Waals surface area contributed by atoms with Gasteiger partial charge in [0.15, 0.2) is 0 Å². The van der Waals surface area contributed by atoms with Gasteiger partial charge >= 0.3 is 0 Å². The Hall–Kier alpha value is -0.240. The van der Waals surface area contributed by atoms with Gasteiger partial charge in [-0.3, -0.25) is 0 Å². The molecule has 0 heterocycles. The highest BCUT2D eigenvalue weighted by atomic mass is 35.5. The number of hydrogen-bond donors (Lipinski definition) is 1. The maximum Gasteiger partial charge on any atom is 0.0595 e. The van der Waals surface area contributed by atoms with Gasteiger partial charge in [0.2, 0.25) is 0 Å². The summed E-state index contributed by atoms with van der Waals surface area (Å²) in [5.41, 5.74) is 1.32. The van der Waals surface area contributed by atoms with Crippen LogP contribution in [0.2, 0.25) is 10.0 Å². The Morgan fingerprint density at radius 2 is 1.90 bits per heavy atom. The average molecular weight is 328 g/mol. The van der Waals surface area contributed by atoms with Crippen LogP contribution in [0.15, 0.2) is 18.2 Å². The summed E-state index contributed by atoms with van der Waals surface area (Å²) in [6, 6.07) is 6.10. The van der Waals surface area contributed by atoms with Crippen LogP contribution in [0.4, 0.5) is 0 Å². The first-order valence-electron chi connectivity index (χ1n) is 8.09. The van der Waals surface area contributed by atoms with Crippen molar-refractivity contribution in [3.8, 4) is 0 Å². The maximum atomic E-state index is 6.16. The lowest BCUT2D eigenvalue weighted by molar-refractivity contribution is 0.146. The van der Waals surface area contributed by atoms with Crippen molar-refractivity contribution in [2.45, 2.75) is 39.5 Å². The highest BCUT2D eigenvalue weighted by molar-refractivity contribution is 6.42. The summed E-state index contributed by atoms with van der Waals surface area (Å²) in [5, 5.41) is 4.70. The predicted molar refractivity (Wildman–Crippen MR) is 93.3 cm³/mol. The van der Waals surface area contributed by atoms with E-state index in [1.165, 1.54) is 24.8 Å². The van der Waals surface area contributed by atoms with Crippen molar-refractivity contribution in [1.29, 1.82) is 0 Å². The minimum atomic E-state index is 0.649. The Bertz CT molecular complexity index is 459. The third-order valence-corrected chi connectivity index (χ3v) is 5.81. The zero-order valence-corrected chi connectivity index (χ0v) is 14.8. The standard InChI is InChI=1S/C18H27Cl2N/c1-12(2)14-5-6-15(11-21-3)16(10-14)8-13-4-7-17(19)18(20)9-13/h4,7,9,12,14-16,21H,5-6,8,10-11H2,1-3H3. The van der Waals surface area contributed by atoms with E-state index in [0.717, 1.165) is 36.6 Å². The van der Waals surface area contributed by atoms with Gasteiger partial charge in [-0.05, 0) is 80.6 Å². The average Bonchev–Trinajstić information content (AvgIpc) is 2.45. The first-order chi connectivity index (χ1) is 10.0. The van der Waals surface area contributed by atoms with Crippen molar-refractivity contribution in [2.75, 3.05) is 13.6 Å². The highest BCUT2D eigenvalue weighted by Gasteiger charge is 2.31. The van der Waals surface area contributed by atoms with Crippen LogP contribution in [0.1, 0.15) is 38.7 Å². The SMILES string of the molecule is CNCC1CCC(C(C)C)CC1Cc1ccc(Cl)c(Cl)c1. The monoisotopic (exact) mass is 327 g/mol. The van der Waals surface area contributed by atoms with Crippen LogP contribution in [0, 0.1) is 23.7 Å². The van der Waals surface area contributed by atoms with E-state index in [1.54, 1.807) is 0 Å². The molecule has 1 aromatic carbocycles. The van der Waals surface area contributed by atoms with Crippen LogP contribution in [0.3, 0.4) is 0 Å². The van der Waals surface area contributed by atoms with Crippen LogP contribution >= 0.6 is 23.2 Å². The summed E-state index contributed by atoms with van der Waals surface area (Å²) in [6.45, 7) is 5.84. The molecule has 118 valence electrons. The molecule has 3 atom stereocenters. The van der Waals surface area contributed by atoms with Crippen molar-refractivity contribution >= 4 is 23.2 Å². The lowest BCUT2D eigenvalue weighted by Gasteiger charge is -2.38. The fraction of sp³-hybridized carbons (Fsp3) is 0.667. The number of hydrogen-bond acceptors (Lipinski definition) is 1. The van der Waals surface area contributed by atoms with Gasteiger partial charge in [-0.15, -0.1) is 0 Å². The number of nitrogens with one attached hydrogen (secondary N) is 1. The molecular weight excluding hydrogens is 301 g/mol. The van der Waals surface area contributed by atoms with Crippen molar-refractivity contribution in [1.82, 2.24) is 5.32 Å². The third kappa shape index (κ3) is 4.61. The fourth-order valence-corrected chi connectivity index (χ4v) is 4.04. The van der Waals surface area contributed by atoms with E-state index in [9.17, 15) is 0 Å². The smallest absolute Gasteiger partial charge is 0.0595 e. The van der Waals surface area contributed by atoms with Gasteiger partial charge in [0.1, 0.15) is 0 Å².